The Balaban J connectivity index is 1.97. The highest BCUT2D eigenvalue weighted by atomic mass is 35.5. The molecule has 1 aromatic carbocycles. The first-order chi connectivity index (χ1) is 8.54. The molecule has 18 heavy (non-hydrogen) atoms. The third-order valence-electron chi connectivity index (χ3n) is 3.25. The number of hydrogen-bond acceptors (Lipinski definition) is 1. The lowest BCUT2D eigenvalue weighted by atomic mass is 9.92. The Hall–Kier alpha value is -0.800. The molecule has 0 unspecified atom stereocenters. The van der Waals surface area contributed by atoms with Crippen molar-refractivity contribution >= 4 is 34.6 Å². The molecule has 1 saturated heterocycles. The van der Waals surface area contributed by atoms with Gasteiger partial charge < -0.3 is 10.2 Å². The van der Waals surface area contributed by atoms with Gasteiger partial charge in [0.15, 0.2) is 5.11 Å². The number of thiocarbonyl (C=S) groups is 1. The molecule has 0 radical (unpaired) electrons. The van der Waals surface area contributed by atoms with Crippen molar-refractivity contribution < 1.29 is 0 Å². The van der Waals surface area contributed by atoms with Gasteiger partial charge in [-0.2, -0.15) is 0 Å². The molecule has 1 N–H and O–H groups in total. The van der Waals surface area contributed by atoms with Crippen LogP contribution in [-0.2, 0) is 0 Å². The smallest absolute Gasteiger partial charge is 0.173 e. The van der Waals surface area contributed by atoms with Crippen LogP contribution in [0.2, 0.25) is 5.02 Å². The topological polar surface area (TPSA) is 15.3 Å². The number of likely N-dealkylation sites (tertiary alicyclic amines) is 1. The first-order valence-corrected chi connectivity index (χ1v) is 7.14. The van der Waals surface area contributed by atoms with Gasteiger partial charge in [-0.1, -0.05) is 25.4 Å². The van der Waals surface area contributed by atoms with Gasteiger partial charge >= 0.3 is 0 Å². The maximum Gasteiger partial charge on any atom is 0.173 e. The van der Waals surface area contributed by atoms with E-state index in [-0.39, 0.29) is 0 Å². The Morgan fingerprint density at radius 3 is 2.33 bits per heavy atom. The van der Waals surface area contributed by atoms with Crippen LogP contribution in [0.5, 0.6) is 0 Å². The highest BCUT2D eigenvalue weighted by Crippen LogP contribution is 2.22. The van der Waals surface area contributed by atoms with Crippen LogP contribution in [0, 0.1) is 11.8 Å². The van der Waals surface area contributed by atoms with E-state index in [4.69, 9.17) is 23.8 Å². The summed E-state index contributed by atoms with van der Waals surface area (Å²) >= 11 is 11.3. The molecule has 1 heterocycles. The number of hydrogen-bond donors (Lipinski definition) is 1. The Bertz CT molecular complexity index is 408. The van der Waals surface area contributed by atoms with E-state index >= 15 is 0 Å². The van der Waals surface area contributed by atoms with Gasteiger partial charge in [-0.25, -0.2) is 0 Å². The second kappa shape index (κ2) is 5.89. The van der Waals surface area contributed by atoms with E-state index in [1.54, 1.807) is 0 Å². The number of piperidine rings is 1. The van der Waals surface area contributed by atoms with Gasteiger partial charge in [0.25, 0.3) is 0 Å². The van der Waals surface area contributed by atoms with Gasteiger partial charge in [-0.05, 0) is 54.7 Å². The summed E-state index contributed by atoms with van der Waals surface area (Å²) in [6.45, 7) is 6.66. The van der Waals surface area contributed by atoms with Crippen molar-refractivity contribution in [3.63, 3.8) is 0 Å². The van der Waals surface area contributed by atoms with E-state index in [0.717, 1.165) is 28.9 Å². The molecule has 98 valence electrons. The van der Waals surface area contributed by atoms with Crippen LogP contribution in [0.1, 0.15) is 20.3 Å². The minimum Gasteiger partial charge on any atom is -0.348 e. The number of rotatable bonds is 1. The summed E-state index contributed by atoms with van der Waals surface area (Å²) in [5.74, 6) is 1.41. The van der Waals surface area contributed by atoms with Gasteiger partial charge in [-0.15, -0.1) is 0 Å². The lowest BCUT2D eigenvalue weighted by Gasteiger charge is -2.36. The largest absolute Gasteiger partial charge is 0.348 e. The van der Waals surface area contributed by atoms with Crippen LogP contribution in [0.15, 0.2) is 24.3 Å². The molecular formula is C14H19ClN2S. The number of nitrogens with zero attached hydrogens (tertiary/aromatic N) is 1. The number of halogens is 1. The Morgan fingerprint density at radius 1 is 1.22 bits per heavy atom. The maximum absolute atomic E-state index is 5.86. The van der Waals surface area contributed by atoms with Crippen molar-refractivity contribution in [2.45, 2.75) is 20.3 Å². The molecule has 0 aromatic heterocycles. The number of benzene rings is 1. The first kappa shape index (κ1) is 13.6. The zero-order chi connectivity index (χ0) is 13.1. The van der Waals surface area contributed by atoms with E-state index < -0.39 is 0 Å². The molecule has 0 aliphatic carbocycles. The average molecular weight is 283 g/mol. The van der Waals surface area contributed by atoms with Gasteiger partial charge in [0.2, 0.25) is 0 Å². The first-order valence-electron chi connectivity index (χ1n) is 6.36. The molecule has 0 bridgehead atoms. The van der Waals surface area contributed by atoms with Crippen molar-refractivity contribution in [1.29, 1.82) is 0 Å². The van der Waals surface area contributed by atoms with Gasteiger partial charge in [0.1, 0.15) is 0 Å². The van der Waals surface area contributed by atoms with Crippen molar-refractivity contribution in [2.24, 2.45) is 11.8 Å². The van der Waals surface area contributed by atoms with Crippen molar-refractivity contribution in [3.8, 4) is 0 Å². The SMILES string of the molecule is C[C@H]1C[C@H](C)CN(C(=S)Nc2ccc(Cl)cc2)C1. The third-order valence-corrected chi connectivity index (χ3v) is 3.86. The molecule has 1 aromatic rings. The predicted molar refractivity (Wildman–Crippen MR) is 82.2 cm³/mol. The third kappa shape index (κ3) is 3.59. The molecule has 2 atom stereocenters. The van der Waals surface area contributed by atoms with Gasteiger partial charge in [0, 0.05) is 23.8 Å². The molecule has 1 aliphatic rings. The molecule has 2 nitrogen and oxygen atoms in total. The summed E-state index contributed by atoms with van der Waals surface area (Å²) in [7, 11) is 0. The summed E-state index contributed by atoms with van der Waals surface area (Å²) in [6, 6.07) is 7.64. The van der Waals surface area contributed by atoms with Crippen LogP contribution in [0.4, 0.5) is 5.69 Å². The monoisotopic (exact) mass is 282 g/mol. The summed E-state index contributed by atoms with van der Waals surface area (Å²) in [6.07, 6.45) is 1.29. The molecule has 0 saturated carbocycles. The fraction of sp³-hybridized carbons (Fsp3) is 0.500. The summed E-state index contributed by atoms with van der Waals surface area (Å²) in [4.78, 5) is 2.27. The summed E-state index contributed by atoms with van der Waals surface area (Å²) < 4.78 is 0. The number of nitrogens with one attached hydrogen (secondary N) is 1. The Labute approximate surface area is 119 Å². The van der Waals surface area contributed by atoms with Crippen molar-refractivity contribution in [1.82, 2.24) is 4.90 Å². The molecule has 0 spiro atoms. The van der Waals surface area contributed by atoms with E-state index in [2.05, 4.69) is 24.1 Å². The second-order valence-electron chi connectivity index (χ2n) is 5.29. The highest BCUT2D eigenvalue weighted by Gasteiger charge is 2.23. The molecule has 2 rings (SSSR count). The average Bonchev–Trinajstić information content (AvgIpc) is 2.31. The zero-order valence-electron chi connectivity index (χ0n) is 10.8. The molecule has 1 fully saturated rings. The molecule has 0 amide bonds. The van der Waals surface area contributed by atoms with Crippen LogP contribution >= 0.6 is 23.8 Å². The van der Waals surface area contributed by atoms with Crippen LogP contribution in [0.25, 0.3) is 0 Å². The van der Waals surface area contributed by atoms with E-state index in [1.165, 1.54) is 6.42 Å². The zero-order valence-corrected chi connectivity index (χ0v) is 12.4. The summed E-state index contributed by atoms with van der Waals surface area (Å²) in [5.41, 5.74) is 0.996. The van der Waals surface area contributed by atoms with Crippen LogP contribution in [0.3, 0.4) is 0 Å². The second-order valence-corrected chi connectivity index (χ2v) is 6.11. The van der Waals surface area contributed by atoms with E-state index in [0.29, 0.717) is 11.8 Å². The molecule has 1 aliphatic heterocycles. The predicted octanol–water partition coefficient (Wildman–Crippen LogP) is 4.01. The number of anilines is 1. The Morgan fingerprint density at radius 2 is 1.78 bits per heavy atom. The fourth-order valence-corrected chi connectivity index (χ4v) is 2.96. The van der Waals surface area contributed by atoms with Gasteiger partial charge in [0.05, 0.1) is 0 Å². The fourth-order valence-electron chi connectivity index (χ4n) is 2.56. The van der Waals surface area contributed by atoms with Gasteiger partial charge in [-0.3, -0.25) is 0 Å². The normalized spacial score (nSPS) is 23.8. The summed E-state index contributed by atoms with van der Waals surface area (Å²) in [5, 5.41) is 4.84. The van der Waals surface area contributed by atoms with E-state index in [1.807, 2.05) is 24.3 Å². The van der Waals surface area contributed by atoms with Crippen LogP contribution < -0.4 is 5.32 Å². The standard InChI is InChI=1S/C14H19ClN2S/c1-10-7-11(2)9-17(8-10)14(18)16-13-5-3-12(15)4-6-13/h3-6,10-11H,7-9H2,1-2H3,(H,16,18)/t10-,11-/m0/s1. The lowest BCUT2D eigenvalue weighted by Crippen LogP contribution is -2.44. The van der Waals surface area contributed by atoms with Crippen molar-refractivity contribution in [2.75, 3.05) is 18.4 Å². The van der Waals surface area contributed by atoms with Crippen LogP contribution in [-0.4, -0.2) is 23.1 Å². The Kier molecular flexibility index (Phi) is 4.46. The minimum absolute atomic E-state index is 0.707. The maximum atomic E-state index is 5.86. The van der Waals surface area contributed by atoms with Crippen molar-refractivity contribution in [3.05, 3.63) is 29.3 Å². The quantitative estimate of drug-likeness (QED) is 0.784. The highest BCUT2D eigenvalue weighted by molar-refractivity contribution is 7.80. The lowest BCUT2D eigenvalue weighted by molar-refractivity contribution is 0.216. The van der Waals surface area contributed by atoms with E-state index in [9.17, 15) is 0 Å². The minimum atomic E-state index is 0.707. The molecular weight excluding hydrogens is 264 g/mol. The molecule has 4 heteroatoms.